The number of rotatable bonds is 6. The summed E-state index contributed by atoms with van der Waals surface area (Å²) in [5, 5.41) is 4.31. The van der Waals surface area contributed by atoms with Crippen molar-refractivity contribution in [1.82, 2.24) is 9.97 Å². The molecule has 2 aromatic carbocycles. The van der Waals surface area contributed by atoms with Crippen LogP contribution in [0.25, 0.3) is 22.3 Å². The highest BCUT2D eigenvalue weighted by Crippen LogP contribution is 2.35. The lowest BCUT2D eigenvalue weighted by atomic mass is 10.1. The lowest BCUT2D eigenvalue weighted by molar-refractivity contribution is 0.356. The second kappa shape index (κ2) is 7.17. The number of fused-ring (bicyclic) bond motifs is 1. The van der Waals surface area contributed by atoms with E-state index in [9.17, 15) is 0 Å². The smallest absolute Gasteiger partial charge is 0.162 e. The maximum atomic E-state index is 5.41. The number of benzene rings is 2. The van der Waals surface area contributed by atoms with Crippen molar-refractivity contribution in [3.8, 4) is 22.9 Å². The Morgan fingerprint density at radius 1 is 0.958 bits per heavy atom. The van der Waals surface area contributed by atoms with Gasteiger partial charge in [-0.15, -0.1) is 0 Å². The summed E-state index contributed by atoms with van der Waals surface area (Å²) in [5.74, 6) is 2.82. The molecule has 3 rings (SSSR count). The van der Waals surface area contributed by atoms with E-state index in [1.807, 2.05) is 42.5 Å². The summed E-state index contributed by atoms with van der Waals surface area (Å²) in [6.07, 6.45) is 1.01. The number of hydrogen-bond donors (Lipinski definition) is 1. The first-order valence-corrected chi connectivity index (χ1v) is 8.00. The van der Waals surface area contributed by atoms with E-state index in [-0.39, 0.29) is 0 Å². The van der Waals surface area contributed by atoms with Crippen LogP contribution in [0, 0.1) is 0 Å². The zero-order chi connectivity index (χ0) is 16.9. The number of methoxy groups -OCH3 is 2. The average Bonchev–Trinajstić information content (AvgIpc) is 2.65. The van der Waals surface area contributed by atoms with E-state index < -0.39 is 0 Å². The van der Waals surface area contributed by atoms with Crippen LogP contribution in [0.2, 0.25) is 0 Å². The van der Waals surface area contributed by atoms with Crippen LogP contribution < -0.4 is 14.8 Å². The zero-order valence-electron chi connectivity index (χ0n) is 14.2. The Balaban J connectivity index is 2.21. The van der Waals surface area contributed by atoms with E-state index in [1.165, 1.54) is 0 Å². The Hall–Kier alpha value is -2.82. The molecule has 0 aliphatic carbocycles. The van der Waals surface area contributed by atoms with Gasteiger partial charge in [0.15, 0.2) is 17.3 Å². The van der Waals surface area contributed by atoms with Gasteiger partial charge < -0.3 is 14.8 Å². The normalized spacial score (nSPS) is 10.6. The van der Waals surface area contributed by atoms with Crippen LogP contribution in [0.1, 0.15) is 13.3 Å². The van der Waals surface area contributed by atoms with Crippen LogP contribution >= 0.6 is 0 Å². The molecule has 0 atom stereocenters. The van der Waals surface area contributed by atoms with Crippen LogP contribution in [-0.2, 0) is 0 Å². The first kappa shape index (κ1) is 16.1. The van der Waals surface area contributed by atoms with E-state index >= 15 is 0 Å². The molecule has 0 aliphatic rings. The maximum Gasteiger partial charge on any atom is 0.162 e. The van der Waals surface area contributed by atoms with Crippen molar-refractivity contribution in [2.75, 3.05) is 26.1 Å². The fourth-order valence-corrected chi connectivity index (χ4v) is 2.55. The van der Waals surface area contributed by atoms with Gasteiger partial charge in [0.2, 0.25) is 0 Å². The third-order valence-electron chi connectivity index (χ3n) is 3.78. The average molecular weight is 323 g/mol. The van der Waals surface area contributed by atoms with Crippen molar-refractivity contribution in [2.45, 2.75) is 13.3 Å². The van der Waals surface area contributed by atoms with Crippen molar-refractivity contribution in [2.24, 2.45) is 0 Å². The Kier molecular flexibility index (Phi) is 4.79. The molecule has 3 aromatic rings. The molecule has 0 saturated heterocycles. The van der Waals surface area contributed by atoms with Crippen LogP contribution in [0.15, 0.2) is 42.5 Å². The first-order chi connectivity index (χ1) is 11.8. The molecule has 5 nitrogen and oxygen atoms in total. The SMILES string of the molecule is CCCNc1nc(-c2ccccc2)nc2cc(OC)c(OC)cc12. The molecule has 0 aliphatic heterocycles. The quantitative estimate of drug-likeness (QED) is 0.739. The maximum absolute atomic E-state index is 5.41. The number of ether oxygens (including phenoxy) is 2. The topological polar surface area (TPSA) is 56.3 Å². The molecule has 0 spiro atoms. The molecule has 5 heteroatoms. The molecule has 1 N–H and O–H groups in total. The van der Waals surface area contributed by atoms with Crippen molar-refractivity contribution in [3.63, 3.8) is 0 Å². The van der Waals surface area contributed by atoms with Gasteiger partial charge in [-0.25, -0.2) is 9.97 Å². The van der Waals surface area contributed by atoms with Gasteiger partial charge >= 0.3 is 0 Å². The van der Waals surface area contributed by atoms with Gasteiger partial charge in [0.25, 0.3) is 0 Å². The summed E-state index contributed by atoms with van der Waals surface area (Å²) in [7, 11) is 3.25. The second-order valence-corrected chi connectivity index (χ2v) is 5.41. The molecule has 24 heavy (non-hydrogen) atoms. The first-order valence-electron chi connectivity index (χ1n) is 8.00. The highest BCUT2D eigenvalue weighted by molar-refractivity contribution is 5.93. The van der Waals surface area contributed by atoms with Crippen molar-refractivity contribution < 1.29 is 9.47 Å². The summed E-state index contributed by atoms with van der Waals surface area (Å²) in [5.41, 5.74) is 1.80. The molecular formula is C19H21N3O2. The predicted octanol–water partition coefficient (Wildman–Crippen LogP) is 4.14. The molecule has 124 valence electrons. The standard InChI is InChI=1S/C19H21N3O2/c1-4-10-20-19-14-11-16(23-2)17(24-3)12-15(14)21-18(22-19)13-8-6-5-7-9-13/h5-9,11-12H,4,10H2,1-3H3,(H,20,21,22). The van der Waals surface area contributed by atoms with Crippen molar-refractivity contribution in [3.05, 3.63) is 42.5 Å². The van der Waals surface area contributed by atoms with E-state index in [2.05, 4.69) is 12.2 Å². The molecule has 0 amide bonds. The minimum atomic E-state index is 0.657. The summed E-state index contributed by atoms with van der Waals surface area (Å²) in [6, 6.07) is 13.8. The van der Waals surface area contributed by atoms with Gasteiger partial charge in [0, 0.05) is 23.6 Å². The summed E-state index contributed by atoms with van der Waals surface area (Å²) >= 11 is 0. The fraction of sp³-hybridized carbons (Fsp3) is 0.263. The van der Waals surface area contributed by atoms with Crippen molar-refractivity contribution >= 4 is 16.7 Å². The summed E-state index contributed by atoms with van der Waals surface area (Å²) < 4.78 is 10.8. The van der Waals surface area contributed by atoms with Crippen LogP contribution in [0.4, 0.5) is 5.82 Å². The predicted molar refractivity (Wildman–Crippen MR) is 96.9 cm³/mol. The largest absolute Gasteiger partial charge is 0.493 e. The van der Waals surface area contributed by atoms with Gasteiger partial charge in [0.05, 0.1) is 19.7 Å². The summed E-state index contributed by atoms with van der Waals surface area (Å²) in [4.78, 5) is 9.43. The number of nitrogens with one attached hydrogen (secondary N) is 1. The lowest BCUT2D eigenvalue weighted by Crippen LogP contribution is -2.05. The van der Waals surface area contributed by atoms with Crippen LogP contribution in [0.5, 0.6) is 11.5 Å². The highest BCUT2D eigenvalue weighted by Gasteiger charge is 2.13. The Morgan fingerprint density at radius 2 is 1.67 bits per heavy atom. The molecule has 1 aromatic heterocycles. The monoisotopic (exact) mass is 323 g/mol. The van der Waals surface area contributed by atoms with Gasteiger partial charge in [-0.3, -0.25) is 0 Å². The van der Waals surface area contributed by atoms with E-state index in [0.29, 0.717) is 17.3 Å². The third kappa shape index (κ3) is 3.11. The van der Waals surface area contributed by atoms with Gasteiger partial charge in [-0.05, 0) is 12.5 Å². The lowest BCUT2D eigenvalue weighted by Gasteiger charge is -2.13. The van der Waals surface area contributed by atoms with Crippen molar-refractivity contribution in [1.29, 1.82) is 0 Å². The van der Waals surface area contributed by atoms with E-state index in [0.717, 1.165) is 35.2 Å². The molecule has 0 radical (unpaired) electrons. The Morgan fingerprint density at radius 3 is 2.33 bits per heavy atom. The number of hydrogen-bond acceptors (Lipinski definition) is 5. The molecular weight excluding hydrogens is 302 g/mol. The zero-order valence-corrected chi connectivity index (χ0v) is 14.2. The van der Waals surface area contributed by atoms with Gasteiger partial charge in [-0.1, -0.05) is 37.3 Å². The second-order valence-electron chi connectivity index (χ2n) is 5.41. The van der Waals surface area contributed by atoms with Crippen LogP contribution in [0.3, 0.4) is 0 Å². The third-order valence-corrected chi connectivity index (χ3v) is 3.78. The number of aromatic nitrogens is 2. The fourth-order valence-electron chi connectivity index (χ4n) is 2.55. The minimum absolute atomic E-state index is 0.657. The molecule has 0 unspecified atom stereocenters. The minimum Gasteiger partial charge on any atom is -0.493 e. The molecule has 0 saturated carbocycles. The number of nitrogens with zero attached hydrogens (tertiary/aromatic N) is 2. The van der Waals surface area contributed by atoms with Gasteiger partial charge in [-0.2, -0.15) is 0 Å². The highest BCUT2D eigenvalue weighted by atomic mass is 16.5. The number of anilines is 1. The Labute approximate surface area is 141 Å². The van der Waals surface area contributed by atoms with E-state index in [1.54, 1.807) is 14.2 Å². The van der Waals surface area contributed by atoms with Gasteiger partial charge in [0.1, 0.15) is 5.82 Å². The molecule has 0 fully saturated rings. The van der Waals surface area contributed by atoms with Crippen LogP contribution in [-0.4, -0.2) is 30.7 Å². The summed E-state index contributed by atoms with van der Waals surface area (Å²) in [6.45, 7) is 2.97. The van der Waals surface area contributed by atoms with E-state index in [4.69, 9.17) is 19.4 Å². The molecule has 1 heterocycles. The molecule has 0 bridgehead atoms. The Bertz CT molecular complexity index is 835.